The number of hydrogen-bond acceptors (Lipinski definition) is 1. The second-order valence-corrected chi connectivity index (χ2v) is 13.4. The van der Waals surface area contributed by atoms with Crippen molar-refractivity contribution in [2.24, 2.45) is 0 Å². The number of hydrogen-bond donors (Lipinski definition) is 0. The van der Waals surface area contributed by atoms with Gasteiger partial charge in [0.25, 0.3) is 0 Å². The van der Waals surface area contributed by atoms with E-state index in [4.69, 9.17) is 22.2 Å². The van der Waals surface area contributed by atoms with Gasteiger partial charge in [-0.1, -0.05) is 13.1 Å². The Morgan fingerprint density at radius 1 is 1.33 bits per heavy atom. The van der Waals surface area contributed by atoms with Crippen molar-refractivity contribution in [2.45, 2.75) is 19.6 Å². The molecule has 0 aromatic rings. The van der Waals surface area contributed by atoms with Crippen molar-refractivity contribution in [3.8, 4) is 0 Å². The first-order valence-corrected chi connectivity index (χ1v) is 10.3. The molecule has 0 rings (SSSR count). The molecule has 1 nitrogen and oxygen atoms in total. The standard InChI is InChI=1S/C4H13Cl2NSi2/c1-7(8(2)3)9(4,5)6/h8H,1-4H3. The molecule has 0 N–H and O–H groups in total. The van der Waals surface area contributed by atoms with Crippen molar-refractivity contribution in [2.75, 3.05) is 7.05 Å². The molecule has 0 radical (unpaired) electrons. The Labute approximate surface area is 69.1 Å². The minimum Gasteiger partial charge on any atom is -0.327 e. The van der Waals surface area contributed by atoms with Gasteiger partial charge in [-0.3, -0.25) is 0 Å². The topological polar surface area (TPSA) is 3.24 Å². The molecule has 0 saturated heterocycles. The monoisotopic (exact) mass is 201 g/mol. The zero-order chi connectivity index (χ0) is 7.65. The first-order chi connectivity index (χ1) is 3.85. The van der Waals surface area contributed by atoms with Crippen LogP contribution >= 0.6 is 22.2 Å². The average Bonchev–Trinajstić information content (AvgIpc) is 1.62. The maximum absolute atomic E-state index is 5.94. The summed E-state index contributed by atoms with van der Waals surface area (Å²) in [5.74, 6) is 0. The maximum Gasteiger partial charge on any atom is 0.315 e. The predicted molar refractivity (Wildman–Crippen MR) is 50.0 cm³/mol. The van der Waals surface area contributed by atoms with Crippen LogP contribution in [0.3, 0.4) is 0 Å². The van der Waals surface area contributed by atoms with E-state index in [1.165, 1.54) is 0 Å². The Balaban J connectivity index is 3.88. The zero-order valence-corrected chi connectivity index (χ0v) is 9.95. The molecule has 0 spiro atoms. The summed E-state index contributed by atoms with van der Waals surface area (Å²) in [6, 6.07) is 0. The summed E-state index contributed by atoms with van der Waals surface area (Å²) >= 11 is 11.9. The molecule has 56 valence electrons. The molecule has 0 fully saturated rings. The lowest BCUT2D eigenvalue weighted by atomic mass is 11.6. The molecule has 0 aromatic heterocycles. The summed E-state index contributed by atoms with van der Waals surface area (Å²) in [5.41, 5.74) is 0. The van der Waals surface area contributed by atoms with Crippen LogP contribution in [0, 0.1) is 0 Å². The molecule has 0 atom stereocenters. The number of rotatable bonds is 2. The van der Waals surface area contributed by atoms with Gasteiger partial charge in [-0.2, -0.15) is 0 Å². The van der Waals surface area contributed by atoms with Crippen molar-refractivity contribution in [1.82, 2.24) is 4.23 Å². The predicted octanol–water partition coefficient (Wildman–Crippen LogP) is 1.95. The quantitative estimate of drug-likeness (QED) is 0.488. The highest BCUT2D eigenvalue weighted by atomic mass is 35.7. The lowest BCUT2D eigenvalue weighted by Gasteiger charge is -2.27. The van der Waals surface area contributed by atoms with Crippen LogP contribution in [0.4, 0.5) is 0 Å². The average molecular weight is 202 g/mol. The highest BCUT2D eigenvalue weighted by Gasteiger charge is 2.29. The summed E-state index contributed by atoms with van der Waals surface area (Å²) in [5, 5.41) is 0. The van der Waals surface area contributed by atoms with Gasteiger partial charge < -0.3 is 4.23 Å². The molecule has 0 unspecified atom stereocenters. The smallest absolute Gasteiger partial charge is 0.315 e. The van der Waals surface area contributed by atoms with E-state index < -0.39 is 15.8 Å². The summed E-state index contributed by atoms with van der Waals surface area (Å²) in [4.78, 5) is 0. The van der Waals surface area contributed by atoms with E-state index in [1.807, 2.05) is 13.6 Å². The van der Waals surface area contributed by atoms with Crippen molar-refractivity contribution in [3.05, 3.63) is 0 Å². The Hall–Kier alpha value is 0.974. The highest BCUT2D eigenvalue weighted by molar-refractivity contribution is 7.44. The third kappa shape index (κ3) is 3.62. The van der Waals surface area contributed by atoms with E-state index in [0.29, 0.717) is 0 Å². The van der Waals surface area contributed by atoms with Gasteiger partial charge in [0.15, 0.2) is 0 Å². The first kappa shape index (κ1) is 9.97. The Bertz CT molecular complexity index is 91.1. The SMILES string of the molecule is CN([SiH](C)C)[Si](C)(Cl)Cl. The van der Waals surface area contributed by atoms with Crippen molar-refractivity contribution in [3.63, 3.8) is 0 Å². The third-order valence-electron chi connectivity index (χ3n) is 1.39. The van der Waals surface area contributed by atoms with E-state index in [9.17, 15) is 0 Å². The summed E-state index contributed by atoms with van der Waals surface area (Å²) in [6.07, 6.45) is 0. The van der Waals surface area contributed by atoms with Gasteiger partial charge in [-0.25, -0.2) is 0 Å². The van der Waals surface area contributed by atoms with Crippen LogP contribution in [-0.2, 0) is 0 Å². The number of halogens is 2. The molecular formula is C4H13Cl2NSi2. The molecule has 0 aromatic carbocycles. The highest BCUT2D eigenvalue weighted by Crippen LogP contribution is 2.18. The molecule has 0 aliphatic carbocycles. The van der Waals surface area contributed by atoms with Crippen LogP contribution in [-0.4, -0.2) is 27.1 Å². The van der Waals surface area contributed by atoms with Gasteiger partial charge in [-0.15, -0.1) is 22.2 Å². The van der Waals surface area contributed by atoms with Gasteiger partial charge in [0.1, 0.15) is 8.96 Å². The van der Waals surface area contributed by atoms with E-state index in [0.717, 1.165) is 0 Å². The normalized spacial score (nSPS) is 13.3. The first-order valence-electron chi connectivity index (χ1n) is 2.96. The molecule has 0 aliphatic heterocycles. The van der Waals surface area contributed by atoms with Crippen molar-refractivity contribution < 1.29 is 0 Å². The Kier molecular flexibility index (Phi) is 3.76. The molecule has 0 amide bonds. The van der Waals surface area contributed by atoms with Crippen LogP contribution in [0.25, 0.3) is 0 Å². The third-order valence-corrected chi connectivity index (χ3v) is 9.86. The molecule has 5 heteroatoms. The summed E-state index contributed by atoms with van der Waals surface area (Å²) in [6.45, 7) is 4.39. The second kappa shape index (κ2) is 3.39. The van der Waals surface area contributed by atoms with E-state index in [2.05, 4.69) is 17.3 Å². The van der Waals surface area contributed by atoms with Gasteiger partial charge in [-0.05, 0) is 13.6 Å². The zero-order valence-electron chi connectivity index (χ0n) is 6.28. The molecule has 0 bridgehead atoms. The largest absolute Gasteiger partial charge is 0.327 e. The molecule has 0 saturated carbocycles. The fourth-order valence-corrected chi connectivity index (χ4v) is 7.59. The lowest BCUT2D eigenvalue weighted by Crippen LogP contribution is -2.45. The van der Waals surface area contributed by atoms with Gasteiger partial charge in [0, 0.05) is 0 Å². The van der Waals surface area contributed by atoms with E-state index >= 15 is 0 Å². The Morgan fingerprint density at radius 2 is 1.67 bits per heavy atom. The molecular weight excluding hydrogens is 189 g/mol. The minimum atomic E-state index is -1.98. The van der Waals surface area contributed by atoms with Crippen LogP contribution in [0.15, 0.2) is 0 Å². The molecule has 0 heterocycles. The summed E-state index contributed by atoms with van der Waals surface area (Å²) < 4.78 is 2.16. The van der Waals surface area contributed by atoms with Crippen LogP contribution in [0.5, 0.6) is 0 Å². The van der Waals surface area contributed by atoms with Gasteiger partial charge >= 0.3 is 6.86 Å². The van der Waals surface area contributed by atoms with E-state index in [1.54, 1.807) is 0 Å². The minimum absolute atomic E-state index is 0.758. The van der Waals surface area contributed by atoms with E-state index in [-0.39, 0.29) is 0 Å². The lowest BCUT2D eigenvalue weighted by molar-refractivity contribution is 0.816. The number of nitrogens with zero attached hydrogens (tertiary/aromatic N) is 1. The van der Waals surface area contributed by atoms with Crippen LogP contribution in [0.2, 0.25) is 19.6 Å². The Morgan fingerprint density at radius 3 is 1.67 bits per heavy atom. The fourth-order valence-electron chi connectivity index (χ4n) is 0.453. The second-order valence-electron chi connectivity index (χ2n) is 2.55. The van der Waals surface area contributed by atoms with Crippen LogP contribution in [0.1, 0.15) is 0 Å². The molecule has 0 aliphatic rings. The summed E-state index contributed by atoms with van der Waals surface area (Å²) in [7, 11) is 1.26. The molecule has 9 heavy (non-hydrogen) atoms. The maximum atomic E-state index is 5.94. The van der Waals surface area contributed by atoms with Crippen molar-refractivity contribution in [1.29, 1.82) is 0 Å². The van der Waals surface area contributed by atoms with Gasteiger partial charge in [0.2, 0.25) is 0 Å². The van der Waals surface area contributed by atoms with Crippen molar-refractivity contribution >= 4 is 38.0 Å². The van der Waals surface area contributed by atoms with Crippen LogP contribution < -0.4 is 0 Å². The fraction of sp³-hybridized carbons (Fsp3) is 1.00. The van der Waals surface area contributed by atoms with Gasteiger partial charge in [0.05, 0.1) is 0 Å².